The maximum Gasteiger partial charge on any atom is 0.331 e. The molecule has 2 aromatic rings. The molecule has 1 unspecified atom stereocenters. The molecule has 1 saturated heterocycles. The summed E-state index contributed by atoms with van der Waals surface area (Å²) in [7, 11) is 1.39. The highest BCUT2D eigenvalue weighted by molar-refractivity contribution is 5.91. The number of hydrogen-bond acceptors (Lipinski definition) is 4. The number of nitrogens with one attached hydrogen (secondary N) is 1. The van der Waals surface area contributed by atoms with Gasteiger partial charge in [-0.2, -0.15) is 0 Å². The Morgan fingerprint density at radius 1 is 1.13 bits per heavy atom. The second-order valence-corrected chi connectivity index (χ2v) is 8.27. The maximum atomic E-state index is 13.0. The number of ether oxygens (including phenoxy) is 1. The number of esters is 1. The van der Waals surface area contributed by atoms with Crippen LogP contribution in [0.4, 0.5) is 0 Å². The summed E-state index contributed by atoms with van der Waals surface area (Å²) in [5.74, 6) is -0.889. The average Bonchev–Trinajstić information content (AvgIpc) is 2.79. The summed E-state index contributed by atoms with van der Waals surface area (Å²) in [6.45, 7) is 6.31. The number of benzene rings is 2. The van der Waals surface area contributed by atoms with Gasteiger partial charge in [-0.3, -0.25) is 4.79 Å². The van der Waals surface area contributed by atoms with Gasteiger partial charge in [0.1, 0.15) is 5.54 Å². The molecule has 0 radical (unpaired) electrons. The number of hydrogen-bond donors (Lipinski definition) is 1. The van der Waals surface area contributed by atoms with Crippen LogP contribution in [0.3, 0.4) is 0 Å². The highest BCUT2D eigenvalue weighted by Crippen LogP contribution is 2.31. The van der Waals surface area contributed by atoms with E-state index in [1.54, 1.807) is 0 Å². The van der Waals surface area contributed by atoms with Gasteiger partial charge >= 0.3 is 5.97 Å². The smallest absolute Gasteiger partial charge is 0.331 e. The van der Waals surface area contributed by atoms with E-state index in [-0.39, 0.29) is 23.7 Å². The van der Waals surface area contributed by atoms with Gasteiger partial charge in [-0.15, -0.1) is 0 Å². The first-order chi connectivity index (χ1) is 14.5. The quantitative estimate of drug-likeness (QED) is 0.714. The van der Waals surface area contributed by atoms with Crippen molar-refractivity contribution in [2.24, 2.45) is 5.92 Å². The Bertz CT molecular complexity index is 840. The van der Waals surface area contributed by atoms with Crippen LogP contribution in [-0.2, 0) is 20.7 Å². The van der Waals surface area contributed by atoms with Crippen LogP contribution in [0, 0.1) is 5.92 Å². The molecular formula is C25H32N2O3. The number of carbonyl (C=O) groups excluding carboxylic acids is 2. The Labute approximate surface area is 179 Å². The molecule has 2 aromatic carbocycles. The Kier molecular flexibility index (Phi) is 7.27. The van der Waals surface area contributed by atoms with Crippen LogP contribution in [0.15, 0.2) is 60.7 Å². The topological polar surface area (TPSA) is 58.6 Å². The first-order valence-electron chi connectivity index (χ1n) is 10.7. The van der Waals surface area contributed by atoms with Gasteiger partial charge in [-0.25, -0.2) is 4.79 Å². The van der Waals surface area contributed by atoms with Crippen molar-refractivity contribution in [2.45, 2.75) is 38.1 Å². The monoisotopic (exact) mass is 408 g/mol. The minimum Gasteiger partial charge on any atom is -0.467 e. The number of amides is 1. The number of rotatable bonds is 7. The number of likely N-dealkylation sites (tertiary alicyclic amines) is 1. The average molecular weight is 409 g/mol. The molecule has 3 rings (SSSR count). The predicted molar refractivity (Wildman–Crippen MR) is 118 cm³/mol. The van der Waals surface area contributed by atoms with Gasteiger partial charge in [0.25, 0.3) is 0 Å². The molecule has 0 saturated carbocycles. The second-order valence-electron chi connectivity index (χ2n) is 8.27. The highest BCUT2D eigenvalue weighted by Gasteiger charge is 2.49. The van der Waals surface area contributed by atoms with Crippen LogP contribution in [0.1, 0.15) is 37.3 Å². The standard InChI is InChI=1S/C25H32N2O3/c1-19-18-27(16-14-21-10-6-4-7-11-21)17-15-25(19,24(29)30-3)26-23(28)20(2)22-12-8-5-9-13-22/h4-13,19-20H,14-18H2,1-3H3,(H,26,28)/t19-,20?,25+/m0/s1. The van der Waals surface area contributed by atoms with Gasteiger partial charge in [0.15, 0.2) is 0 Å². The van der Waals surface area contributed by atoms with E-state index in [0.29, 0.717) is 6.42 Å². The lowest BCUT2D eigenvalue weighted by molar-refractivity contribution is -0.156. The van der Waals surface area contributed by atoms with Crippen molar-refractivity contribution < 1.29 is 14.3 Å². The van der Waals surface area contributed by atoms with Crippen LogP contribution in [0.2, 0.25) is 0 Å². The molecule has 1 aliphatic rings. The molecule has 1 heterocycles. The van der Waals surface area contributed by atoms with Gasteiger partial charge in [0, 0.05) is 25.6 Å². The predicted octanol–water partition coefficient (Wildman–Crippen LogP) is 3.40. The van der Waals surface area contributed by atoms with E-state index in [9.17, 15) is 9.59 Å². The summed E-state index contributed by atoms with van der Waals surface area (Å²) < 4.78 is 5.14. The zero-order valence-electron chi connectivity index (χ0n) is 18.1. The molecule has 0 aliphatic carbocycles. The van der Waals surface area contributed by atoms with Crippen molar-refractivity contribution in [3.63, 3.8) is 0 Å². The normalized spacial score (nSPS) is 22.8. The Morgan fingerprint density at radius 3 is 2.37 bits per heavy atom. The largest absolute Gasteiger partial charge is 0.467 e. The Morgan fingerprint density at radius 2 is 1.77 bits per heavy atom. The highest BCUT2D eigenvalue weighted by atomic mass is 16.5. The van der Waals surface area contributed by atoms with E-state index in [2.05, 4.69) is 34.5 Å². The summed E-state index contributed by atoms with van der Waals surface area (Å²) >= 11 is 0. The van der Waals surface area contributed by atoms with Crippen LogP contribution in [0.25, 0.3) is 0 Å². The van der Waals surface area contributed by atoms with Gasteiger partial charge < -0.3 is 15.0 Å². The first-order valence-corrected chi connectivity index (χ1v) is 10.7. The molecule has 0 aromatic heterocycles. The van der Waals surface area contributed by atoms with Gasteiger partial charge in [0.05, 0.1) is 13.0 Å². The van der Waals surface area contributed by atoms with E-state index in [1.807, 2.05) is 50.2 Å². The van der Waals surface area contributed by atoms with Gasteiger partial charge in [-0.05, 0) is 30.9 Å². The molecule has 0 spiro atoms. The molecule has 30 heavy (non-hydrogen) atoms. The zero-order valence-corrected chi connectivity index (χ0v) is 18.1. The van der Waals surface area contributed by atoms with E-state index in [1.165, 1.54) is 12.7 Å². The van der Waals surface area contributed by atoms with Crippen LogP contribution < -0.4 is 5.32 Å². The lowest BCUT2D eigenvalue weighted by Gasteiger charge is -2.45. The Balaban J connectivity index is 1.68. The number of piperidine rings is 1. The van der Waals surface area contributed by atoms with Crippen molar-refractivity contribution in [2.75, 3.05) is 26.7 Å². The molecule has 3 atom stereocenters. The summed E-state index contributed by atoms with van der Waals surface area (Å²) in [5, 5.41) is 3.09. The van der Waals surface area contributed by atoms with Gasteiger partial charge in [0.2, 0.25) is 5.91 Å². The lowest BCUT2D eigenvalue weighted by atomic mass is 9.78. The van der Waals surface area contributed by atoms with Crippen LogP contribution in [0.5, 0.6) is 0 Å². The van der Waals surface area contributed by atoms with E-state index < -0.39 is 5.54 Å². The number of methoxy groups -OCH3 is 1. The third kappa shape index (κ3) is 4.90. The molecule has 1 aliphatic heterocycles. The lowest BCUT2D eigenvalue weighted by Crippen LogP contribution is -2.65. The fourth-order valence-electron chi connectivity index (χ4n) is 4.29. The third-order valence-electron chi connectivity index (χ3n) is 6.34. The first kappa shape index (κ1) is 22.0. The zero-order chi connectivity index (χ0) is 21.6. The molecule has 1 fully saturated rings. The van der Waals surface area contributed by atoms with Crippen molar-refractivity contribution in [3.05, 3.63) is 71.8 Å². The number of carbonyl (C=O) groups is 2. The summed E-state index contributed by atoms with van der Waals surface area (Å²) in [4.78, 5) is 28.2. The molecule has 160 valence electrons. The molecule has 1 N–H and O–H groups in total. The van der Waals surface area contributed by atoms with Crippen LogP contribution >= 0.6 is 0 Å². The minimum absolute atomic E-state index is 0.0543. The van der Waals surface area contributed by atoms with Crippen molar-refractivity contribution in [3.8, 4) is 0 Å². The molecule has 1 amide bonds. The van der Waals surface area contributed by atoms with Crippen molar-refractivity contribution in [1.29, 1.82) is 0 Å². The Hall–Kier alpha value is -2.66. The van der Waals surface area contributed by atoms with Crippen molar-refractivity contribution >= 4 is 11.9 Å². The summed E-state index contributed by atoms with van der Waals surface area (Å²) in [6.07, 6.45) is 1.51. The summed E-state index contributed by atoms with van der Waals surface area (Å²) in [5.41, 5.74) is 1.25. The fraction of sp³-hybridized carbons (Fsp3) is 0.440. The molecule has 5 nitrogen and oxygen atoms in total. The fourth-order valence-corrected chi connectivity index (χ4v) is 4.29. The molecular weight excluding hydrogens is 376 g/mol. The van der Waals surface area contributed by atoms with Crippen molar-refractivity contribution in [1.82, 2.24) is 10.2 Å². The number of nitrogens with zero attached hydrogens (tertiary/aromatic N) is 1. The van der Waals surface area contributed by atoms with Gasteiger partial charge in [-0.1, -0.05) is 67.6 Å². The second kappa shape index (κ2) is 9.90. The maximum absolute atomic E-state index is 13.0. The minimum atomic E-state index is -0.988. The molecule has 5 heteroatoms. The SMILES string of the molecule is COC(=O)[C@@]1(NC(=O)C(C)c2ccccc2)CCN(CCc2ccccc2)C[C@@H]1C. The van der Waals surface area contributed by atoms with Crippen LogP contribution in [-0.4, -0.2) is 49.1 Å². The summed E-state index contributed by atoms with van der Waals surface area (Å²) in [6, 6.07) is 20.0. The van der Waals surface area contributed by atoms with E-state index in [0.717, 1.165) is 31.6 Å². The third-order valence-corrected chi connectivity index (χ3v) is 6.34. The molecule has 0 bridgehead atoms. The van der Waals surface area contributed by atoms with E-state index >= 15 is 0 Å². The van der Waals surface area contributed by atoms with E-state index in [4.69, 9.17) is 4.74 Å².